The number of nitrogens with zero attached hydrogens (tertiary/aromatic N) is 2. The fourth-order valence-electron chi connectivity index (χ4n) is 3.70. The van der Waals surface area contributed by atoms with Crippen LogP contribution in [0.4, 0.5) is 0 Å². The summed E-state index contributed by atoms with van der Waals surface area (Å²) >= 11 is 0. The van der Waals surface area contributed by atoms with Crippen LogP contribution in [0.2, 0.25) is 0 Å². The minimum atomic E-state index is -0.495. The molecule has 1 aliphatic rings. The first-order valence-electron chi connectivity index (χ1n) is 9.99. The summed E-state index contributed by atoms with van der Waals surface area (Å²) in [5, 5.41) is 0. The fourth-order valence-corrected chi connectivity index (χ4v) is 3.70. The van der Waals surface area contributed by atoms with Gasteiger partial charge in [0.25, 0.3) is 0 Å². The van der Waals surface area contributed by atoms with Crippen LogP contribution in [0.1, 0.15) is 33.5 Å². The Morgan fingerprint density at radius 1 is 1.07 bits per heavy atom. The normalized spacial score (nSPS) is 13.7. The molecule has 2 aromatic carbocycles. The maximum Gasteiger partial charge on any atom is 0.250 e. The third-order valence-electron chi connectivity index (χ3n) is 5.29. The van der Waals surface area contributed by atoms with E-state index in [1.807, 2.05) is 6.07 Å². The largest absolute Gasteiger partial charge is 0.439 e. The summed E-state index contributed by atoms with van der Waals surface area (Å²) in [5.41, 5.74) is 9.71. The minimum absolute atomic E-state index is 0.369. The van der Waals surface area contributed by atoms with Gasteiger partial charge in [-0.25, -0.2) is 4.98 Å². The van der Waals surface area contributed by atoms with E-state index in [9.17, 15) is 4.79 Å². The van der Waals surface area contributed by atoms with Gasteiger partial charge in [-0.05, 0) is 60.7 Å². The summed E-state index contributed by atoms with van der Waals surface area (Å²) in [6.07, 6.45) is 4.77. The highest BCUT2D eigenvalue weighted by Crippen LogP contribution is 2.27. The first kappa shape index (κ1) is 19.2. The summed E-state index contributed by atoms with van der Waals surface area (Å²) in [6, 6.07) is 20.2. The Morgan fingerprint density at radius 3 is 2.69 bits per heavy atom. The van der Waals surface area contributed by atoms with Crippen molar-refractivity contribution in [1.82, 2.24) is 9.88 Å². The number of pyridine rings is 1. The molecule has 0 saturated heterocycles. The van der Waals surface area contributed by atoms with Crippen LogP contribution >= 0.6 is 0 Å². The summed E-state index contributed by atoms with van der Waals surface area (Å²) < 4.78 is 5.87. The van der Waals surface area contributed by atoms with Gasteiger partial charge in [0.2, 0.25) is 11.8 Å². The first-order chi connectivity index (χ1) is 14.2. The van der Waals surface area contributed by atoms with Crippen molar-refractivity contribution in [2.75, 3.05) is 13.1 Å². The molecule has 2 heterocycles. The summed E-state index contributed by atoms with van der Waals surface area (Å²) in [6.45, 7) is 3.13. The van der Waals surface area contributed by atoms with Gasteiger partial charge in [-0.15, -0.1) is 0 Å². The zero-order valence-corrected chi connectivity index (χ0v) is 16.4. The van der Waals surface area contributed by atoms with Crippen molar-refractivity contribution in [3.63, 3.8) is 0 Å². The molecule has 29 heavy (non-hydrogen) atoms. The van der Waals surface area contributed by atoms with Gasteiger partial charge in [-0.2, -0.15) is 0 Å². The number of aromatic nitrogens is 1. The monoisotopic (exact) mass is 387 g/mol. The lowest BCUT2D eigenvalue weighted by Crippen LogP contribution is -2.31. The van der Waals surface area contributed by atoms with Crippen LogP contribution < -0.4 is 10.5 Å². The summed E-state index contributed by atoms with van der Waals surface area (Å²) in [4.78, 5) is 17.8. The Balaban J connectivity index is 1.35. The van der Waals surface area contributed by atoms with Crippen molar-refractivity contribution in [3.8, 4) is 11.6 Å². The van der Waals surface area contributed by atoms with E-state index in [-0.39, 0.29) is 0 Å². The molecule has 0 fully saturated rings. The highest BCUT2D eigenvalue weighted by molar-refractivity contribution is 5.92. The molecule has 1 amide bonds. The van der Waals surface area contributed by atoms with E-state index < -0.39 is 5.91 Å². The molecule has 1 aliphatic heterocycles. The maximum absolute atomic E-state index is 11.2. The number of nitrogens with two attached hydrogens (primary N) is 1. The number of aryl methyl sites for hydroxylation is 1. The lowest BCUT2D eigenvalue weighted by atomic mass is 9.99. The SMILES string of the molecule is NC(=O)c1ccc(Oc2ccc3c(c2)CN(CCCc2ccccc2)CC3)nc1. The molecule has 2 N–H and O–H groups in total. The molecule has 0 radical (unpaired) electrons. The Labute approximate surface area is 171 Å². The Bertz CT molecular complexity index is 971. The van der Waals surface area contributed by atoms with Crippen molar-refractivity contribution >= 4 is 5.91 Å². The van der Waals surface area contributed by atoms with Gasteiger partial charge >= 0.3 is 0 Å². The number of carbonyl (C=O) groups excluding carboxylic acids is 1. The van der Waals surface area contributed by atoms with Crippen molar-refractivity contribution in [1.29, 1.82) is 0 Å². The van der Waals surface area contributed by atoms with Crippen LogP contribution in [0, 0.1) is 0 Å². The molecule has 148 valence electrons. The molecular formula is C24H25N3O2. The third-order valence-corrected chi connectivity index (χ3v) is 5.29. The van der Waals surface area contributed by atoms with E-state index in [4.69, 9.17) is 10.5 Å². The topological polar surface area (TPSA) is 68.5 Å². The predicted octanol–water partition coefficient (Wildman–Crippen LogP) is 3.96. The number of amides is 1. The third kappa shape index (κ3) is 5.00. The average molecular weight is 387 g/mol. The van der Waals surface area contributed by atoms with Crippen LogP contribution in [-0.2, 0) is 19.4 Å². The molecule has 0 aliphatic carbocycles. The molecular weight excluding hydrogens is 362 g/mol. The lowest BCUT2D eigenvalue weighted by Gasteiger charge is -2.29. The van der Waals surface area contributed by atoms with Crippen LogP contribution in [-0.4, -0.2) is 28.9 Å². The van der Waals surface area contributed by atoms with Gasteiger partial charge in [0, 0.05) is 25.4 Å². The van der Waals surface area contributed by atoms with E-state index in [1.54, 1.807) is 12.1 Å². The predicted molar refractivity (Wildman–Crippen MR) is 113 cm³/mol. The van der Waals surface area contributed by atoms with Crippen LogP contribution in [0.25, 0.3) is 0 Å². The summed E-state index contributed by atoms with van der Waals surface area (Å²) in [7, 11) is 0. The summed E-state index contributed by atoms with van der Waals surface area (Å²) in [5.74, 6) is 0.713. The van der Waals surface area contributed by atoms with Crippen LogP contribution in [0.15, 0.2) is 66.9 Å². The second-order valence-corrected chi connectivity index (χ2v) is 7.40. The maximum atomic E-state index is 11.2. The van der Waals surface area contributed by atoms with Gasteiger partial charge < -0.3 is 10.5 Å². The van der Waals surface area contributed by atoms with E-state index in [0.29, 0.717) is 11.4 Å². The van der Waals surface area contributed by atoms with Crippen molar-refractivity contribution < 1.29 is 9.53 Å². The Kier molecular flexibility index (Phi) is 5.86. The van der Waals surface area contributed by atoms with Crippen LogP contribution in [0.3, 0.4) is 0 Å². The standard InChI is InChI=1S/C24H25N3O2/c25-24(28)20-9-11-23(26-16-20)29-22-10-8-19-12-14-27(17-21(19)15-22)13-4-7-18-5-2-1-3-6-18/h1-3,5-6,8-11,15-16H,4,7,12-14,17H2,(H2,25,28). The number of primary amides is 1. The molecule has 3 aromatic rings. The van der Waals surface area contributed by atoms with Crippen molar-refractivity contribution in [2.24, 2.45) is 5.73 Å². The van der Waals surface area contributed by atoms with Gasteiger partial charge in [0.15, 0.2) is 0 Å². The molecule has 4 rings (SSSR count). The van der Waals surface area contributed by atoms with Gasteiger partial charge in [-0.3, -0.25) is 9.69 Å². The van der Waals surface area contributed by atoms with E-state index in [1.165, 1.54) is 22.9 Å². The minimum Gasteiger partial charge on any atom is -0.439 e. The lowest BCUT2D eigenvalue weighted by molar-refractivity contribution is 0.1000. The smallest absolute Gasteiger partial charge is 0.250 e. The van der Waals surface area contributed by atoms with Crippen molar-refractivity contribution in [3.05, 3.63) is 89.1 Å². The van der Waals surface area contributed by atoms with Gasteiger partial charge in [-0.1, -0.05) is 36.4 Å². The first-order valence-corrected chi connectivity index (χ1v) is 9.99. The number of fused-ring (bicyclic) bond motifs is 1. The number of rotatable bonds is 7. The van der Waals surface area contributed by atoms with Gasteiger partial charge in [0.1, 0.15) is 5.75 Å². The quantitative estimate of drug-likeness (QED) is 0.666. The van der Waals surface area contributed by atoms with Gasteiger partial charge in [0.05, 0.1) is 5.56 Å². The Hall–Kier alpha value is -3.18. The molecule has 0 atom stereocenters. The zero-order valence-electron chi connectivity index (χ0n) is 16.4. The zero-order chi connectivity index (χ0) is 20.1. The van der Waals surface area contributed by atoms with Crippen LogP contribution in [0.5, 0.6) is 11.6 Å². The molecule has 5 nitrogen and oxygen atoms in total. The molecule has 0 unspecified atom stereocenters. The van der Waals surface area contributed by atoms with E-state index in [0.717, 1.165) is 44.6 Å². The van der Waals surface area contributed by atoms with Crippen molar-refractivity contribution in [2.45, 2.75) is 25.8 Å². The molecule has 5 heteroatoms. The highest BCUT2D eigenvalue weighted by atomic mass is 16.5. The molecule has 0 saturated carbocycles. The molecule has 0 bridgehead atoms. The Morgan fingerprint density at radius 2 is 1.93 bits per heavy atom. The van der Waals surface area contributed by atoms with E-state index >= 15 is 0 Å². The molecule has 1 aromatic heterocycles. The average Bonchev–Trinajstić information content (AvgIpc) is 2.75. The highest BCUT2D eigenvalue weighted by Gasteiger charge is 2.17. The number of carbonyl (C=O) groups is 1. The number of benzene rings is 2. The number of ether oxygens (including phenoxy) is 1. The fraction of sp³-hybridized carbons (Fsp3) is 0.250. The second kappa shape index (κ2) is 8.88. The van der Waals surface area contributed by atoms with E-state index in [2.05, 4.69) is 52.3 Å². The molecule has 0 spiro atoms. The second-order valence-electron chi connectivity index (χ2n) is 7.40. The number of hydrogen-bond donors (Lipinski definition) is 1. The number of hydrogen-bond acceptors (Lipinski definition) is 4.